The maximum Gasteiger partial charge on any atom is 0.252 e. The molecule has 0 fully saturated rings. The number of amides is 1. The lowest BCUT2D eigenvalue weighted by atomic mass is 10.0. The molecule has 0 bridgehead atoms. The van der Waals surface area contributed by atoms with Gasteiger partial charge in [0, 0.05) is 22.5 Å². The van der Waals surface area contributed by atoms with Crippen molar-refractivity contribution in [3.63, 3.8) is 0 Å². The van der Waals surface area contributed by atoms with Crippen molar-refractivity contribution in [2.75, 3.05) is 34.3 Å². The van der Waals surface area contributed by atoms with E-state index in [9.17, 15) is 4.79 Å². The number of halogens is 1. The van der Waals surface area contributed by atoms with E-state index in [-0.39, 0.29) is 5.91 Å². The molecule has 0 saturated heterocycles. The van der Waals surface area contributed by atoms with Crippen LogP contribution in [0.4, 0.5) is 0 Å². The van der Waals surface area contributed by atoms with Gasteiger partial charge >= 0.3 is 0 Å². The number of carbonyl (C=O) groups is 1. The molecule has 152 valence electrons. The smallest absolute Gasteiger partial charge is 0.252 e. The lowest BCUT2D eigenvalue weighted by molar-refractivity contribution is 0.0954. The molecule has 0 radical (unpaired) electrons. The van der Waals surface area contributed by atoms with Crippen LogP contribution in [-0.2, 0) is 0 Å². The van der Waals surface area contributed by atoms with Gasteiger partial charge in [-0.2, -0.15) is 0 Å². The first-order chi connectivity index (χ1) is 13.9. The average molecular weight is 412 g/mol. The zero-order valence-electron chi connectivity index (χ0n) is 17.3. The highest BCUT2D eigenvalue weighted by Crippen LogP contribution is 2.33. The lowest BCUT2D eigenvalue weighted by Crippen LogP contribution is -2.27. The van der Waals surface area contributed by atoms with Crippen molar-refractivity contribution in [2.24, 2.45) is 0 Å². The number of pyridine rings is 1. The molecule has 29 heavy (non-hydrogen) atoms. The van der Waals surface area contributed by atoms with Crippen molar-refractivity contribution in [2.45, 2.75) is 13.3 Å². The first-order valence-electron chi connectivity index (χ1n) is 9.58. The van der Waals surface area contributed by atoms with Crippen molar-refractivity contribution in [1.82, 2.24) is 15.2 Å². The molecule has 1 amide bonds. The number of hydrogen-bond acceptors (Lipinski definition) is 4. The van der Waals surface area contributed by atoms with Crippen molar-refractivity contribution in [3.8, 4) is 17.0 Å². The minimum atomic E-state index is -0.117. The quantitative estimate of drug-likeness (QED) is 0.579. The van der Waals surface area contributed by atoms with E-state index >= 15 is 0 Å². The molecule has 0 aliphatic heterocycles. The number of aromatic nitrogens is 1. The molecule has 3 rings (SSSR count). The summed E-state index contributed by atoms with van der Waals surface area (Å²) in [5.74, 6) is 0.588. The minimum Gasteiger partial charge on any atom is -0.496 e. The van der Waals surface area contributed by atoms with E-state index in [1.54, 1.807) is 7.11 Å². The third kappa shape index (κ3) is 4.69. The summed E-state index contributed by atoms with van der Waals surface area (Å²) < 4.78 is 5.50. The van der Waals surface area contributed by atoms with Gasteiger partial charge < -0.3 is 15.0 Å². The van der Waals surface area contributed by atoms with Crippen molar-refractivity contribution >= 4 is 28.4 Å². The topological polar surface area (TPSA) is 54.5 Å². The third-order valence-electron chi connectivity index (χ3n) is 4.86. The second-order valence-electron chi connectivity index (χ2n) is 7.24. The number of hydrogen-bond donors (Lipinski definition) is 1. The standard InChI is InChI=1S/C23H26ClN3O2/c1-15-19(24)11-10-16-18(23(28)25-12-7-13-27(2)3)14-20(26-22(15)16)17-8-5-6-9-21(17)29-4/h5-6,8-11,14H,7,12-13H2,1-4H3,(H,25,28). The van der Waals surface area contributed by atoms with E-state index in [1.165, 1.54) is 0 Å². The fourth-order valence-electron chi connectivity index (χ4n) is 3.28. The van der Waals surface area contributed by atoms with Gasteiger partial charge in [0.25, 0.3) is 5.91 Å². The molecule has 1 aromatic heterocycles. The molecule has 0 spiro atoms. The number of methoxy groups -OCH3 is 1. The number of para-hydroxylation sites is 1. The van der Waals surface area contributed by atoms with E-state index in [0.717, 1.165) is 35.0 Å². The first-order valence-corrected chi connectivity index (χ1v) is 9.96. The molecule has 0 aliphatic carbocycles. The molecular formula is C23H26ClN3O2. The number of fused-ring (bicyclic) bond motifs is 1. The van der Waals surface area contributed by atoms with Crippen LogP contribution in [0.5, 0.6) is 5.75 Å². The number of carbonyl (C=O) groups excluding carboxylic acids is 1. The second kappa shape index (κ2) is 9.25. The van der Waals surface area contributed by atoms with Crippen molar-refractivity contribution in [1.29, 1.82) is 0 Å². The Morgan fingerprint density at radius 1 is 1.21 bits per heavy atom. The summed E-state index contributed by atoms with van der Waals surface area (Å²) in [5.41, 5.74) is 3.67. The van der Waals surface area contributed by atoms with Crippen LogP contribution in [0.15, 0.2) is 42.5 Å². The Bertz CT molecular complexity index is 1030. The number of benzene rings is 2. The molecule has 1 N–H and O–H groups in total. The van der Waals surface area contributed by atoms with Gasteiger partial charge in [0.05, 0.1) is 23.9 Å². The van der Waals surface area contributed by atoms with Gasteiger partial charge in [-0.25, -0.2) is 4.98 Å². The van der Waals surface area contributed by atoms with Crippen LogP contribution in [0.1, 0.15) is 22.3 Å². The zero-order valence-corrected chi connectivity index (χ0v) is 18.0. The van der Waals surface area contributed by atoms with Gasteiger partial charge in [-0.15, -0.1) is 0 Å². The van der Waals surface area contributed by atoms with E-state index in [4.69, 9.17) is 21.3 Å². The highest BCUT2D eigenvalue weighted by atomic mass is 35.5. The Labute approximate surface area is 176 Å². The Hall–Kier alpha value is -2.63. The molecule has 0 saturated carbocycles. The average Bonchev–Trinajstić information content (AvgIpc) is 2.73. The van der Waals surface area contributed by atoms with Crippen LogP contribution in [-0.4, -0.2) is 50.1 Å². The van der Waals surface area contributed by atoms with E-state index < -0.39 is 0 Å². The highest BCUT2D eigenvalue weighted by Gasteiger charge is 2.17. The SMILES string of the molecule is COc1ccccc1-c1cc(C(=O)NCCCN(C)C)c2ccc(Cl)c(C)c2n1. The molecule has 3 aromatic rings. The third-order valence-corrected chi connectivity index (χ3v) is 5.27. The van der Waals surface area contributed by atoms with E-state index in [1.807, 2.05) is 63.5 Å². The summed E-state index contributed by atoms with van der Waals surface area (Å²) in [6, 6.07) is 13.2. The molecule has 0 unspecified atom stereocenters. The number of nitrogens with zero attached hydrogens (tertiary/aromatic N) is 2. The fraction of sp³-hybridized carbons (Fsp3) is 0.304. The molecule has 2 aromatic carbocycles. The Morgan fingerprint density at radius 3 is 2.69 bits per heavy atom. The number of nitrogens with one attached hydrogen (secondary N) is 1. The number of ether oxygens (including phenoxy) is 1. The van der Waals surface area contributed by atoms with E-state index in [0.29, 0.717) is 28.6 Å². The Kier molecular flexibility index (Phi) is 6.72. The second-order valence-corrected chi connectivity index (χ2v) is 7.64. The van der Waals surface area contributed by atoms with Gasteiger partial charge in [0.1, 0.15) is 5.75 Å². The van der Waals surface area contributed by atoms with Crippen LogP contribution in [0, 0.1) is 6.92 Å². The van der Waals surface area contributed by atoms with Gasteiger partial charge in [0.15, 0.2) is 0 Å². The summed E-state index contributed by atoms with van der Waals surface area (Å²) >= 11 is 6.34. The van der Waals surface area contributed by atoms with Crippen LogP contribution >= 0.6 is 11.6 Å². The molecule has 0 aliphatic rings. The molecular weight excluding hydrogens is 386 g/mol. The maximum atomic E-state index is 13.0. The summed E-state index contributed by atoms with van der Waals surface area (Å²) in [6.45, 7) is 3.44. The van der Waals surface area contributed by atoms with Crippen LogP contribution in [0.25, 0.3) is 22.2 Å². The minimum absolute atomic E-state index is 0.117. The summed E-state index contributed by atoms with van der Waals surface area (Å²) in [7, 11) is 5.66. The highest BCUT2D eigenvalue weighted by molar-refractivity contribution is 6.32. The molecule has 1 heterocycles. The zero-order chi connectivity index (χ0) is 21.0. The predicted octanol–water partition coefficient (Wildman–Crippen LogP) is 4.55. The summed E-state index contributed by atoms with van der Waals surface area (Å²) in [4.78, 5) is 19.9. The Balaban J connectivity index is 2.08. The molecule has 5 nitrogen and oxygen atoms in total. The van der Waals surface area contributed by atoms with Crippen LogP contribution in [0.2, 0.25) is 5.02 Å². The maximum absolute atomic E-state index is 13.0. The largest absolute Gasteiger partial charge is 0.496 e. The number of rotatable bonds is 7. The van der Waals surface area contributed by atoms with Crippen molar-refractivity contribution < 1.29 is 9.53 Å². The van der Waals surface area contributed by atoms with Crippen molar-refractivity contribution in [3.05, 3.63) is 58.6 Å². The first kappa shape index (κ1) is 21.1. The lowest BCUT2D eigenvalue weighted by Gasteiger charge is -2.14. The summed E-state index contributed by atoms with van der Waals surface area (Å²) in [5, 5.41) is 4.44. The van der Waals surface area contributed by atoms with Crippen LogP contribution < -0.4 is 10.1 Å². The van der Waals surface area contributed by atoms with Gasteiger partial charge in [0.2, 0.25) is 0 Å². The van der Waals surface area contributed by atoms with Gasteiger partial charge in [-0.3, -0.25) is 4.79 Å². The molecule has 6 heteroatoms. The monoisotopic (exact) mass is 411 g/mol. The molecule has 0 atom stereocenters. The summed E-state index contributed by atoms with van der Waals surface area (Å²) in [6.07, 6.45) is 0.881. The van der Waals surface area contributed by atoms with Gasteiger partial charge in [-0.05, 0) is 63.8 Å². The normalized spacial score (nSPS) is 11.1. The van der Waals surface area contributed by atoms with Crippen LogP contribution in [0.3, 0.4) is 0 Å². The predicted molar refractivity (Wildman–Crippen MR) is 119 cm³/mol. The van der Waals surface area contributed by atoms with Gasteiger partial charge in [-0.1, -0.05) is 29.8 Å². The Morgan fingerprint density at radius 2 is 1.97 bits per heavy atom. The van der Waals surface area contributed by atoms with E-state index in [2.05, 4.69) is 10.2 Å². The number of aryl methyl sites for hydroxylation is 1. The fourth-order valence-corrected chi connectivity index (χ4v) is 3.43.